The van der Waals surface area contributed by atoms with Gasteiger partial charge in [-0.1, -0.05) is 167 Å². The Morgan fingerprint density at radius 3 is 1.40 bits per heavy atom. The maximum absolute atomic E-state index is 12.6. The van der Waals surface area contributed by atoms with E-state index in [-0.39, 0.29) is 5.97 Å². The molecule has 0 spiro atoms. The van der Waals surface area contributed by atoms with Gasteiger partial charge in [0.05, 0.1) is 12.0 Å². The summed E-state index contributed by atoms with van der Waals surface area (Å²) < 4.78 is 12.2. The molecule has 42 heavy (non-hydrogen) atoms. The molecule has 0 atom stereocenters. The summed E-state index contributed by atoms with van der Waals surface area (Å²) in [7, 11) is 0. The van der Waals surface area contributed by atoms with Crippen molar-refractivity contribution in [1.82, 2.24) is 0 Å². The molecule has 250 valence electrons. The molecular weight excluding hydrogens is 577 g/mol. The summed E-state index contributed by atoms with van der Waals surface area (Å²) in [6, 6.07) is 0. The molecule has 0 unspecified atom stereocenters. The van der Waals surface area contributed by atoms with Crippen molar-refractivity contribution in [2.45, 2.75) is 182 Å². The molecule has 0 aliphatic heterocycles. The van der Waals surface area contributed by atoms with Gasteiger partial charge in [0.25, 0.3) is 0 Å². The predicted octanol–water partition coefficient (Wildman–Crippen LogP) is 12.7. The largest absolute Gasteiger partial charge is 0.463 e. The van der Waals surface area contributed by atoms with Crippen LogP contribution in [0.4, 0.5) is 0 Å². The summed E-state index contributed by atoms with van der Waals surface area (Å²) in [5.74, 6) is 1.59. The standard InChI is InChI=1S/C36H70O3S3/c1-5-7-9-11-13-15-17-18-19-20-21-23-25-27-29-38-30-31-39-34(37)36(3,4)33-42-35(40)41-32-28-26-24-22-16-14-12-10-8-6-2/h5-33H2,1-4H3. The van der Waals surface area contributed by atoms with Crippen molar-refractivity contribution in [2.24, 2.45) is 5.41 Å². The molecular formula is C36H70O3S3. The highest BCUT2D eigenvalue weighted by Gasteiger charge is 2.30. The molecule has 0 radical (unpaired) electrons. The number of unbranched alkanes of at least 4 members (excludes halogenated alkanes) is 22. The Labute approximate surface area is 277 Å². The highest BCUT2D eigenvalue weighted by atomic mass is 32.2. The number of thioether (sulfide) groups is 2. The highest BCUT2D eigenvalue weighted by molar-refractivity contribution is 8.47. The van der Waals surface area contributed by atoms with Crippen molar-refractivity contribution in [3.05, 3.63) is 0 Å². The van der Waals surface area contributed by atoms with E-state index in [9.17, 15) is 4.79 Å². The summed E-state index contributed by atoms with van der Waals surface area (Å²) in [6.45, 7) is 10.0. The first kappa shape index (κ1) is 42.2. The van der Waals surface area contributed by atoms with Crippen molar-refractivity contribution in [1.29, 1.82) is 0 Å². The summed E-state index contributed by atoms with van der Waals surface area (Å²) in [5.41, 5.74) is -0.541. The Bertz CT molecular complexity index is 597. The van der Waals surface area contributed by atoms with E-state index in [4.69, 9.17) is 21.7 Å². The van der Waals surface area contributed by atoms with Crippen molar-refractivity contribution < 1.29 is 14.3 Å². The molecule has 0 heterocycles. The second kappa shape index (κ2) is 32.6. The van der Waals surface area contributed by atoms with E-state index in [1.807, 2.05) is 13.8 Å². The van der Waals surface area contributed by atoms with Gasteiger partial charge in [0, 0.05) is 12.4 Å². The SMILES string of the molecule is CCCCCCCCCCCCCCCCOCCOC(=O)C(C)(C)CSC(=S)SCCCCCCCCCCCC. The lowest BCUT2D eigenvalue weighted by Crippen LogP contribution is -2.30. The molecule has 0 aliphatic carbocycles. The van der Waals surface area contributed by atoms with Gasteiger partial charge < -0.3 is 9.47 Å². The van der Waals surface area contributed by atoms with Gasteiger partial charge in [-0.3, -0.25) is 4.79 Å². The average molecular weight is 647 g/mol. The molecule has 0 bridgehead atoms. The zero-order valence-electron chi connectivity index (χ0n) is 28.5. The van der Waals surface area contributed by atoms with E-state index in [0.29, 0.717) is 19.0 Å². The van der Waals surface area contributed by atoms with Crippen LogP contribution in [0.2, 0.25) is 0 Å². The van der Waals surface area contributed by atoms with E-state index in [0.717, 1.165) is 22.3 Å². The van der Waals surface area contributed by atoms with Crippen LogP contribution in [-0.4, -0.2) is 40.8 Å². The number of ether oxygens (including phenoxy) is 2. The predicted molar refractivity (Wildman–Crippen MR) is 195 cm³/mol. The molecule has 0 aromatic rings. The molecule has 0 rings (SSSR count). The Morgan fingerprint density at radius 1 is 0.548 bits per heavy atom. The number of hydrogen-bond acceptors (Lipinski definition) is 6. The van der Waals surface area contributed by atoms with Crippen molar-refractivity contribution in [3.63, 3.8) is 0 Å². The van der Waals surface area contributed by atoms with E-state index in [2.05, 4.69) is 13.8 Å². The molecule has 0 saturated carbocycles. The van der Waals surface area contributed by atoms with E-state index < -0.39 is 5.41 Å². The summed E-state index contributed by atoms with van der Waals surface area (Å²) in [6.07, 6.45) is 32.7. The Hall–Kier alpha value is 0.220. The molecule has 0 saturated heterocycles. The van der Waals surface area contributed by atoms with Gasteiger partial charge in [-0.15, -0.1) is 23.5 Å². The Balaban J connectivity index is 3.51. The first-order valence-corrected chi connectivity index (χ1v) is 20.4. The Morgan fingerprint density at radius 2 is 0.952 bits per heavy atom. The minimum atomic E-state index is -0.541. The Kier molecular flexibility index (Phi) is 32.8. The van der Waals surface area contributed by atoms with Gasteiger partial charge in [0.15, 0.2) is 0 Å². The van der Waals surface area contributed by atoms with Gasteiger partial charge >= 0.3 is 5.97 Å². The number of carbonyl (C=O) groups is 1. The minimum Gasteiger partial charge on any atom is -0.463 e. The van der Waals surface area contributed by atoms with Crippen LogP contribution in [0.25, 0.3) is 0 Å². The van der Waals surface area contributed by atoms with Gasteiger partial charge in [-0.2, -0.15) is 0 Å². The molecule has 0 fully saturated rings. The first-order chi connectivity index (χ1) is 20.4. The number of esters is 1. The number of rotatable bonds is 32. The van der Waals surface area contributed by atoms with Crippen molar-refractivity contribution in [2.75, 3.05) is 31.3 Å². The summed E-state index contributed by atoms with van der Waals surface area (Å²) in [5, 5.41) is 0. The van der Waals surface area contributed by atoms with E-state index in [1.54, 1.807) is 23.5 Å². The van der Waals surface area contributed by atoms with Crippen LogP contribution >= 0.6 is 35.7 Å². The fraction of sp³-hybridized carbons (Fsp3) is 0.944. The van der Waals surface area contributed by atoms with Gasteiger partial charge in [-0.25, -0.2) is 0 Å². The minimum absolute atomic E-state index is 0.155. The zero-order chi connectivity index (χ0) is 31.0. The second-order valence-electron chi connectivity index (χ2n) is 12.8. The maximum Gasteiger partial charge on any atom is 0.312 e. The molecule has 6 heteroatoms. The summed E-state index contributed by atoms with van der Waals surface area (Å²) in [4.78, 5) is 12.6. The number of carbonyl (C=O) groups excluding carboxylic acids is 1. The topological polar surface area (TPSA) is 35.5 Å². The van der Waals surface area contributed by atoms with Gasteiger partial charge in [0.2, 0.25) is 0 Å². The van der Waals surface area contributed by atoms with Crippen molar-refractivity contribution in [3.8, 4) is 0 Å². The van der Waals surface area contributed by atoms with E-state index in [1.165, 1.54) is 148 Å². The number of thiocarbonyl (C=S) groups is 1. The monoisotopic (exact) mass is 646 g/mol. The lowest BCUT2D eigenvalue weighted by molar-refractivity contribution is -0.154. The fourth-order valence-corrected chi connectivity index (χ4v) is 7.27. The lowest BCUT2D eigenvalue weighted by atomic mass is 9.97. The van der Waals surface area contributed by atoms with Crippen LogP contribution in [0.3, 0.4) is 0 Å². The highest BCUT2D eigenvalue weighted by Crippen LogP contribution is 2.28. The third kappa shape index (κ3) is 30.3. The van der Waals surface area contributed by atoms with Crippen LogP contribution in [0.1, 0.15) is 182 Å². The fourth-order valence-electron chi connectivity index (χ4n) is 4.97. The molecule has 3 nitrogen and oxygen atoms in total. The molecule has 0 N–H and O–H groups in total. The van der Waals surface area contributed by atoms with Crippen LogP contribution in [-0.2, 0) is 14.3 Å². The molecule has 0 aromatic heterocycles. The van der Waals surface area contributed by atoms with Crippen LogP contribution in [0.5, 0.6) is 0 Å². The maximum atomic E-state index is 12.6. The normalized spacial score (nSPS) is 11.7. The van der Waals surface area contributed by atoms with Gasteiger partial charge in [-0.05, 0) is 32.4 Å². The van der Waals surface area contributed by atoms with Crippen LogP contribution in [0.15, 0.2) is 0 Å². The second-order valence-corrected chi connectivity index (χ2v) is 16.1. The summed E-state index contributed by atoms with van der Waals surface area (Å²) >= 11 is 8.94. The zero-order valence-corrected chi connectivity index (χ0v) is 30.9. The molecule has 0 aromatic carbocycles. The lowest BCUT2D eigenvalue weighted by Gasteiger charge is -2.22. The third-order valence-corrected chi connectivity index (χ3v) is 11.2. The van der Waals surface area contributed by atoms with Crippen molar-refractivity contribution >= 4 is 45.2 Å². The first-order valence-electron chi connectivity index (χ1n) is 18.0. The number of hydrogen-bond donors (Lipinski definition) is 0. The quantitative estimate of drug-likeness (QED) is 0.0411. The average Bonchev–Trinajstić information content (AvgIpc) is 2.98. The van der Waals surface area contributed by atoms with Crippen LogP contribution < -0.4 is 0 Å². The molecule has 0 amide bonds. The molecule has 0 aliphatic rings. The third-order valence-electron chi connectivity index (χ3n) is 7.92. The smallest absolute Gasteiger partial charge is 0.312 e. The van der Waals surface area contributed by atoms with Gasteiger partial charge in [0.1, 0.15) is 10.1 Å². The van der Waals surface area contributed by atoms with E-state index >= 15 is 0 Å². The van der Waals surface area contributed by atoms with Crippen LogP contribution in [0, 0.1) is 5.41 Å².